The third-order valence-corrected chi connectivity index (χ3v) is 18.9. The molecule has 0 aliphatic heterocycles. The molecule has 6 nitrogen and oxygen atoms in total. The molecule has 0 aliphatic rings. The molecule has 1 N–H and O–H groups in total. The second-order valence-corrected chi connectivity index (χ2v) is 26.4. The molecule has 0 unspecified atom stereocenters. The van der Waals surface area contributed by atoms with Gasteiger partial charge in [-0.15, -0.1) is 56.7 Å². The number of hydrogen-bond donors (Lipinski definition) is 1. The summed E-state index contributed by atoms with van der Waals surface area (Å²) >= 11 is 7.55. The summed E-state index contributed by atoms with van der Waals surface area (Å²) in [6, 6.07) is 73.8. The maximum Gasteiger partial charge on any atom is 0.187 e. The van der Waals surface area contributed by atoms with E-state index >= 15 is 0 Å². The number of aryl methyl sites for hydroxylation is 5. The highest BCUT2D eigenvalue weighted by Gasteiger charge is 2.14. The van der Waals surface area contributed by atoms with Gasteiger partial charge in [0.25, 0.3) is 0 Å². The minimum Gasteiger partial charge on any atom is -0.331 e. The fourth-order valence-electron chi connectivity index (χ4n) is 9.72. The Morgan fingerprint density at radius 3 is 1.07 bits per heavy atom. The lowest BCUT2D eigenvalue weighted by atomic mass is 10.1. The van der Waals surface area contributed by atoms with Crippen LogP contribution in [-0.2, 0) is 0 Å². The van der Waals surface area contributed by atoms with Gasteiger partial charge in [0, 0.05) is 82.7 Å². The molecule has 10 aromatic carbocycles. The Kier molecular flexibility index (Phi) is 22.6. The van der Waals surface area contributed by atoms with Gasteiger partial charge >= 0.3 is 0 Å². The Labute approximate surface area is 575 Å². The second-order valence-electron chi connectivity index (χ2n) is 22.1. The quantitative estimate of drug-likeness (QED) is 0.130. The first-order chi connectivity index (χ1) is 46.6. The van der Waals surface area contributed by atoms with E-state index < -0.39 is 0 Å². The Morgan fingerprint density at radius 2 is 0.625 bits per heavy atom. The van der Waals surface area contributed by atoms with Crippen LogP contribution >= 0.6 is 56.7 Å². The summed E-state index contributed by atoms with van der Waals surface area (Å²) in [6.07, 6.45) is 0. The molecular formula is C80H61F5N6S5. The fourth-order valence-corrected chi connectivity index (χ4v) is 13.8. The number of halogens is 5. The van der Waals surface area contributed by atoms with Crippen molar-refractivity contribution < 1.29 is 22.0 Å². The SMILES string of the molecule is Cc1ccc(-c2csc(-c3ccccc3F)n2)cc1.Cc1cccc(-c2csc(-c3ccc(F)cc3)n2)c1.Cc1cccc(-c2csc(-c3cccc(F)c3)n2)c1.Cc1cccc(-c2csc(-c3ccccc3F)n2)c1.Cc1cccc(-c2csc(Nc3cccc(F)c3)n2)c1. The molecule has 0 bridgehead atoms. The lowest BCUT2D eigenvalue weighted by molar-refractivity contribution is 0.627. The van der Waals surface area contributed by atoms with E-state index in [9.17, 15) is 22.0 Å². The summed E-state index contributed by atoms with van der Waals surface area (Å²) in [7, 11) is 0. The van der Waals surface area contributed by atoms with Crippen molar-refractivity contribution in [2.24, 2.45) is 0 Å². The predicted molar refractivity (Wildman–Crippen MR) is 393 cm³/mol. The summed E-state index contributed by atoms with van der Waals surface area (Å²) in [4.78, 5) is 22.8. The molecule has 15 aromatic rings. The molecule has 0 aliphatic carbocycles. The Balaban J connectivity index is 0.000000122. The molecule has 476 valence electrons. The maximum absolute atomic E-state index is 13.7. The van der Waals surface area contributed by atoms with Gasteiger partial charge in [-0.2, -0.15) is 0 Å². The fraction of sp³-hybridized carbons (Fsp3) is 0.0625. The Hall–Kier alpha value is -10.2. The molecule has 0 saturated carbocycles. The predicted octanol–water partition coefficient (Wildman–Crippen LogP) is 24.7. The van der Waals surface area contributed by atoms with Crippen LogP contribution in [0, 0.1) is 63.7 Å². The molecule has 0 atom stereocenters. The number of hydrogen-bond acceptors (Lipinski definition) is 11. The lowest BCUT2D eigenvalue weighted by Crippen LogP contribution is -1.90. The minimum atomic E-state index is -0.259. The van der Waals surface area contributed by atoms with E-state index in [-0.39, 0.29) is 29.1 Å². The number of benzene rings is 10. The lowest BCUT2D eigenvalue weighted by Gasteiger charge is -2.02. The molecular weight excluding hydrogens is 1300 g/mol. The van der Waals surface area contributed by atoms with Crippen molar-refractivity contribution >= 4 is 67.5 Å². The van der Waals surface area contributed by atoms with Crippen LogP contribution in [0.1, 0.15) is 27.8 Å². The van der Waals surface area contributed by atoms with Gasteiger partial charge in [-0.25, -0.2) is 46.9 Å². The van der Waals surface area contributed by atoms with Gasteiger partial charge in [0.2, 0.25) is 0 Å². The van der Waals surface area contributed by atoms with Crippen LogP contribution in [-0.4, -0.2) is 24.9 Å². The van der Waals surface area contributed by atoms with Gasteiger partial charge in [-0.05, 0) is 138 Å². The number of nitrogens with one attached hydrogen (secondary N) is 1. The summed E-state index contributed by atoms with van der Waals surface area (Å²) < 4.78 is 66.7. The number of nitrogens with zero attached hydrogens (tertiary/aromatic N) is 5. The number of aromatic nitrogens is 5. The van der Waals surface area contributed by atoms with Crippen molar-refractivity contribution in [2.45, 2.75) is 34.6 Å². The van der Waals surface area contributed by atoms with Crippen molar-refractivity contribution in [3.05, 3.63) is 326 Å². The molecule has 96 heavy (non-hydrogen) atoms. The molecule has 0 spiro atoms. The normalized spacial score (nSPS) is 10.6. The highest BCUT2D eigenvalue weighted by Crippen LogP contribution is 2.35. The zero-order chi connectivity index (χ0) is 66.9. The number of anilines is 2. The smallest absolute Gasteiger partial charge is 0.187 e. The molecule has 0 saturated heterocycles. The van der Waals surface area contributed by atoms with Gasteiger partial charge in [0.15, 0.2) is 5.13 Å². The van der Waals surface area contributed by atoms with Crippen LogP contribution in [0.4, 0.5) is 32.8 Å². The molecule has 15 rings (SSSR count). The number of thiazole rings is 5. The summed E-state index contributed by atoms with van der Waals surface area (Å²) in [6.45, 7) is 10.3. The summed E-state index contributed by atoms with van der Waals surface area (Å²) in [5.41, 5.74) is 19.7. The first-order valence-electron chi connectivity index (χ1n) is 30.3. The molecule has 0 radical (unpaired) electrons. The van der Waals surface area contributed by atoms with E-state index in [2.05, 4.69) is 119 Å². The average Bonchev–Trinajstić information content (AvgIpc) is 1.78. The standard InChI is InChI=1S/C16H13FN2S.4C16H12FNS/c1-11-4-2-5-12(8-11)15-10-20-16(19-15)18-14-7-3-6-13(17)9-14;1-11-4-2-5-12(8-11)15-10-19-16(18-15)13-6-3-7-14(17)9-13;1-11-5-4-6-12(9-11)15-10-19-16(18-15)13-7-2-3-8-14(13)17;1-11-3-2-4-13(9-11)15-10-19-16(18-15)12-5-7-14(17)8-6-12;1-11-6-8-12(9-7-11)15-10-19-16(18-15)13-4-2-3-5-14(13)17/h2-10H,1H3,(H,18,19);4*2-10H,1H3. The summed E-state index contributed by atoms with van der Waals surface area (Å²) in [5.74, 6) is -1.17. The number of rotatable bonds is 11. The monoisotopic (exact) mass is 1360 g/mol. The largest absolute Gasteiger partial charge is 0.331 e. The van der Waals surface area contributed by atoms with Gasteiger partial charge < -0.3 is 5.32 Å². The van der Waals surface area contributed by atoms with Crippen molar-refractivity contribution in [3.8, 4) is 98.6 Å². The van der Waals surface area contributed by atoms with E-state index in [0.717, 1.165) is 87.6 Å². The third kappa shape index (κ3) is 18.4. The maximum atomic E-state index is 13.7. The molecule has 16 heteroatoms. The van der Waals surface area contributed by atoms with Crippen molar-refractivity contribution in [1.29, 1.82) is 0 Å². The van der Waals surface area contributed by atoms with Crippen LogP contribution in [0.5, 0.6) is 0 Å². The van der Waals surface area contributed by atoms with Crippen LogP contribution < -0.4 is 5.32 Å². The van der Waals surface area contributed by atoms with Crippen LogP contribution in [0.3, 0.4) is 0 Å². The van der Waals surface area contributed by atoms with Crippen molar-refractivity contribution in [2.75, 3.05) is 5.32 Å². The highest BCUT2D eigenvalue weighted by molar-refractivity contribution is 7.14. The van der Waals surface area contributed by atoms with Crippen molar-refractivity contribution in [3.63, 3.8) is 0 Å². The van der Waals surface area contributed by atoms with E-state index in [0.29, 0.717) is 21.8 Å². The first-order valence-corrected chi connectivity index (χ1v) is 34.7. The second kappa shape index (κ2) is 32.3. The topological polar surface area (TPSA) is 76.5 Å². The Morgan fingerprint density at radius 1 is 0.260 bits per heavy atom. The van der Waals surface area contributed by atoms with Crippen LogP contribution in [0.15, 0.2) is 270 Å². The van der Waals surface area contributed by atoms with Gasteiger partial charge in [0.1, 0.15) is 49.1 Å². The van der Waals surface area contributed by atoms with E-state index in [1.807, 2.05) is 119 Å². The highest BCUT2D eigenvalue weighted by atomic mass is 32.1. The van der Waals surface area contributed by atoms with Gasteiger partial charge in [0.05, 0.1) is 28.5 Å². The third-order valence-electron chi connectivity index (χ3n) is 14.6. The van der Waals surface area contributed by atoms with Gasteiger partial charge in [-0.3, -0.25) is 0 Å². The van der Waals surface area contributed by atoms with Crippen molar-refractivity contribution in [1.82, 2.24) is 24.9 Å². The van der Waals surface area contributed by atoms with E-state index in [1.54, 1.807) is 59.9 Å². The Bertz CT molecular complexity index is 4970. The zero-order valence-corrected chi connectivity index (χ0v) is 56.7. The molecule has 5 heterocycles. The molecule has 0 fully saturated rings. The van der Waals surface area contributed by atoms with Crippen LogP contribution in [0.25, 0.3) is 98.6 Å². The molecule has 0 amide bonds. The van der Waals surface area contributed by atoms with Crippen LogP contribution in [0.2, 0.25) is 0 Å². The average molecular weight is 1360 g/mol. The zero-order valence-electron chi connectivity index (χ0n) is 52.6. The molecule has 5 aromatic heterocycles. The summed E-state index contributed by atoms with van der Waals surface area (Å²) in [5, 5.41) is 17.0. The van der Waals surface area contributed by atoms with E-state index in [4.69, 9.17) is 0 Å². The van der Waals surface area contributed by atoms with E-state index in [1.165, 1.54) is 122 Å². The first kappa shape index (κ1) is 67.2. The minimum absolute atomic E-state index is 0.223. The van der Waals surface area contributed by atoms with Gasteiger partial charge in [-0.1, -0.05) is 167 Å².